The van der Waals surface area contributed by atoms with Crippen molar-refractivity contribution in [3.05, 3.63) is 45.4 Å². The predicted molar refractivity (Wildman–Crippen MR) is 97.6 cm³/mol. The van der Waals surface area contributed by atoms with E-state index < -0.39 is 0 Å². The fraction of sp³-hybridized carbons (Fsp3) is 0.412. The molecule has 1 N–H and O–H groups in total. The van der Waals surface area contributed by atoms with Crippen LogP contribution in [0.25, 0.3) is 0 Å². The zero-order valence-electron chi connectivity index (χ0n) is 14.1. The second kappa shape index (κ2) is 8.89. The summed E-state index contributed by atoms with van der Waals surface area (Å²) in [5, 5.41) is 6.35. The van der Waals surface area contributed by atoms with Crippen LogP contribution in [-0.2, 0) is 13.2 Å². The van der Waals surface area contributed by atoms with Crippen molar-refractivity contribution in [1.82, 2.24) is 15.2 Å². The van der Waals surface area contributed by atoms with Crippen molar-refractivity contribution >= 4 is 29.0 Å². The van der Waals surface area contributed by atoms with Crippen LogP contribution in [0.3, 0.4) is 0 Å². The number of benzene rings is 1. The normalized spacial score (nSPS) is 10.7. The molecule has 0 aliphatic heterocycles. The van der Waals surface area contributed by atoms with Gasteiger partial charge in [-0.15, -0.1) is 11.3 Å². The SMILES string of the molecule is CCNC(=O)N(Cc1csc(COc2ccc(Cl)cc2)n1)C(C)C. The van der Waals surface area contributed by atoms with Crippen LogP contribution in [0.15, 0.2) is 29.6 Å². The summed E-state index contributed by atoms with van der Waals surface area (Å²) in [6.07, 6.45) is 0. The first-order valence-corrected chi connectivity index (χ1v) is 9.11. The average molecular weight is 368 g/mol. The Kier molecular flexibility index (Phi) is 6.87. The number of urea groups is 1. The largest absolute Gasteiger partial charge is 0.486 e. The fourth-order valence-electron chi connectivity index (χ4n) is 2.08. The molecular formula is C17H22ClN3O2S. The van der Waals surface area contributed by atoms with Gasteiger partial charge in [0.15, 0.2) is 0 Å². The minimum absolute atomic E-state index is 0.0699. The van der Waals surface area contributed by atoms with E-state index >= 15 is 0 Å². The zero-order chi connectivity index (χ0) is 17.5. The molecule has 0 aliphatic carbocycles. The first kappa shape index (κ1) is 18.5. The van der Waals surface area contributed by atoms with E-state index in [1.165, 1.54) is 11.3 Å². The van der Waals surface area contributed by atoms with Gasteiger partial charge in [-0.05, 0) is 45.0 Å². The Balaban J connectivity index is 1.94. The maximum absolute atomic E-state index is 12.1. The number of nitrogens with zero attached hydrogens (tertiary/aromatic N) is 2. The van der Waals surface area contributed by atoms with E-state index in [2.05, 4.69) is 10.3 Å². The molecule has 7 heteroatoms. The second-order valence-electron chi connectivity index (χ2n) is 5.53. The van der Waals surface area contributed by atoms with E-state index in [1.54, 1.807) is 17.0 Å². The monoisotopic (exact) mass is 367 g/mol. The number of halogens is 1. The third-order valence-electron chi connectivity index (χ3n) is 3.32. The zero-order valence-corrected chi connectivity index (χ0v) is 15.7. The van der Waals surface area contributed by atoms with Crippen molar-refractivity contribution in [2.24, 2.45) is 0 Å². The van der Waals surface area contributed by atoms with Gasteiger partial charge in [-0.2, -0.15) is 0 Å². The first-order chi connectivity index (χ1) is 11.5. The highest BCUT2D eigenvalue weighted by molar-refractivity contribution is 7.09. The summed E-state index contributed by atoms with van der Waals surface area (Å²) >= 11 is 7.38. The van der Waals surface area contributed by atoms with E-state index in [0.717, 1.165) is 16.5 Å². The van der Waals surface area contributed by atoms with Gasteiger partial charge in [-0.25, -0.2) is 9.78 Å². The molecule has 1 aromatic heterocycles. The maximum atomic E-state index is 12.1. The quantitative estimate of drug-likeness (QED) is 0.793. The lowest BCUT2D eigenvalue weighted by atomic mass is 10.3. The average Bonchev–Trinajstić information content (AvgIpc) is 2.99. The van der Waals surface area contributed by atoms with E-state index in [1.807, 2.05) is 38.3 Å². The Morgan fingerprint density at radius 2 is 2.08 bits per heavy atom. The minimum Gasteiger partial charge on any atom is -0.486 e. The van der Waals surface area contributed by atoms with Crippen molar-refractivity contribution in [3.63, 3.8) is 0 Å². The second-order valence-corrected chi connectivity index (χ2v) is 6.91. The smallest absolute Gasteiger partial charge is 0.317 e. The summed E-state index contributed by atoms with van der Waals surface area (Å²) in [4.78, 5) is 18.4. The van der Waals surface area contributed by atoms with E-state index in [4.69, 9.17) is 16.3 Å². The molecule has 0 fully saturated rings. The van der Waals surface area contributed by atoms with Crippen molar-refractivity contribution in [1.29, 1.82) is 0 Å². The summed E-state index contributed by atoms with van der Waals surface area (Å²) in [6.45, 7) is 7.39. The lowest BCUT2D eigenvalue weighted by Gasteiger charge is -2.25. The number of thiazole rings is 1. The summed E-state index contributed by atoms with van der Waals surface area (Å²) in [5.74, 6) is 0.752. The number of carbonyl (C=O) groups excluding carboxylic acids is 1. The summed E-state index contributed by atoms with van der Waals surface area (Å²) in [7, 11) is 0. The lowest BCUT2D eigenvalue weighted by Crippen LogP contribution is -2.43. The van der Waals surface area contributed by atoms with Crippen LogP contribution in [0.5, 0.6) is 5.75 Å². The standard InChI is InChI=1S/C17H22ClN3O2S/c1-4-19-17(22)21(12(2)3)9-14-11-24-16(20-14)10-23-15-7-5-13(18)6-8-15/h5-8,11-12H,4,9-10H2,1-3H3,(H,19,22). The molecule has 0 saturated heterocycles. The predicted octanol–water partition coefficient (Wildman–Crippen LogP) is 4.32. The maximum Gasteiger partial charge on any atom is 0.317 e. The molecular weight excluding hydrogens is 346 g/mol. The molecule has 24 heavy (non-hydrogen) atoms. The topological polar surface area (TPSA) is 54.5 Å². The molecule has 2 amide bonds. The van der Waals surface area contributed by atoms with Crippen LogP contribution in [-0.4, -0.2) is 28.5 Å². The number of amides is 2. The summed E-state index contributed by atoms with van der Waals surface area (Å²) < 4.78 is 5.70. The van der Waals surface area contributed by atoms with Gasteiger partial charge in [0, 0.05) is 23.0 Å². The Labute approximate surface area is 151 Å². The number of hydrogen-bond donors (Lipinski definition) is 1. The van der Waals surface area contributed by atoms with Crippen LogP contribution in [0, 0.1) is 0 Å². The molecule has 1 aromatic carbocycles. The van der Waals surface area contributed by atoms with Crippen molar-refractivity contribution < 1.29 is 9.53 Å². The number of carbonyl (C=O) groups is 1. The van der Waals surface area contributed by atoms with Crippen LogP contribution >= 0.6 is 22.9 Å². The van der Waals surface area contributed by atoms with Gasteiger partial charge in [0.25, 0.3) is 0 Å². The Morgan fingerprint density at radius 1 is 1.38 bits per heavy atom. The number of ether oxygens (including phenoxy) is 1. The van der Waals surface area contributed by atoms with E-state index in [0.29, 0.717) is 24.7 Å². The first-order valence-electron chi connectivity index (χ1n) is 7.85. The highest BCUT2D eigenvalue weighted by Gasteiger charge is 2.18. The fourth-order valence-corrected chi connectivity index (χ4v) is 2.90. The van der Waals surface area contributed by atoms with Crippen LogP contribution in [0.1, 0.15) is 31.5 Å². The van der Waals surface area contributed by atoms with Gasteiger partial charge >= 0.3 is 6.03 Å². The van der Waals surface area contributed by atoms with Gasteiger partial charge in [0.2, 0.25) is 0 Å². The number of aromatic nitrogens is 1. The Morgan fingerprint density at radius 3 is 2.71 bits per heavy atom. The molecule has 0 aliphatic rings. The summed E-state index contributed by atoms with van der Waals surface area (Å²) in [6, 6.07) is 7.26. The van der Waals surface area contributed by atoms with Gasteiger partial charge in [-0.3, -0.25) is 0 Å². The molecule has 0 spiro atoms. The molecule has 2 aromatic rings. The van der Waals surface area contributed by atoms with Gasteiger partial charge in [0.05, 0.1) is 12.2 Å². The van der Waals surface area contributed by atoms with Crippen LogP contribution in [0.4, 0.5) is 4.79 Å². The third kappa shape index (κ3) is 5.39. The third-order valence-corrected chi connectivity index (χ3v) is 4.44. The van der Waals surface area contributed by atoms with E-state index in [-0.39, 0.29) is 12.1 Å². The van der Waals surface area contributed by atoms with Crippen molar-refractivity contribution in [2.75, 3.05) is 6.54 Å². The molecule has 130 valence electrons. The van der Waals surface area contributed by atoms with Gasteiger partial charge < -0.3 is 15.0 Å². The van der Waals surface area contributed by atoms with Crippen LogP contribution in [0.2, 0.25) is 5.02 Å². The summed E-state index contributed by atoms with van der Waals surface area (Å²) in [5.41, 5.74) is 0.870. The molecule has 0 unspecified atom stereocenters. The van der Waals surface area contributed by atoms with Crippen molar-refractivity contribution in [2.45, 2.75) is 40.0 Å². The van der Waals surface area contributed by atoms with Gasteiger partial charge in [-0.1, -0.05) is 11.6 Å². The molecule has 0 bridgehead atoms. The minimum atomic E-state index is -0.0699. The molecule has 0 radical (unpaired) electrons. The highest BCUT2D eigenvalue weighted by Crippen LogP contribution is 2.19. The molecule has 5 nitrogen and oxygen atoms in total. The lowest BCUT2D eigenvalue weighted by molar-refractivity contribution is 0.179. The van der Waals surface area contributed by atoms with Crippen LogP contribution < -0.4 is 10.1 Å². The highest BCUT2D eigenvalue weighted by atomic mass is 35.5. The van der Waals surface area contributed by atoms with Gasteiger partial charge in [0.1, 0.15) is 17.4 Å². The Bertz CT molecular complexity index is 658. The molecule has 1 heterocycles. The number of nitrogens with one attached hydrogen (secondary N) is 1. The Hall–Kier alpha value is -1.79. The number of rotatable bonds is 7. The van der Waals surface area contributed by atoms with E-state index in [9.17, 15) is 4.79 Å². The molecule has 2 rings (SSSR count). The number of hydrogen-bond acceptors (Lipinski definition) is 4. The molecule has 0 atom stereocenters. The van der Waals surface area contributed by atoms with Crippen molar-refractivity contribution in [3.8, 4) is 5.75 Å². The molecule has 0 saturated carbocycles.